The van der Waals surface area contributed by atoms with Crippen LogP contribution in [0.15, 0.2) is 29.2 Å². The maximum Gasteiger partial charge on any atom is 0.0488 e. The molecular weight excluding hydrogens is 204 g/mol. The summed E-state index contributed by atoms with van der Waals surface area (Å²) in [6.07, 6.45) is 6.06. The maximum absolute atomic E-state index is 5.63. The van der Waals surface area contributed by atoms with Crippen LogP contribution in [-0.4, -0.2) is 6.26 Å². The number of hydrogen-bond donors (Lipinski definition) is 2. The van der Waals surface area contributed by atoms with Crippen molar-refractivity contribution >= 4 is 11.8 Å². The molecule has 1 aromatic rings. The number of hydrogen-bond acceptors (Lipinski definition) is 3. The summed E-state index contributed by atoms with van der Waals surface area (Å²) < 4.78 is 0. The summed E-state index contributed by atoms with van der Waals surface area (Å²) >= 11 is 1.77. The summed E-state index contributed by atoms with van der Waals surface area (Å²) in [4.78, 5) is 1.31. The minimum Gasteiger partial charge on any atom is -0.271 e. The molecule has 0 heterocycles. The Morgan fingerprint density at radius 1 is 1.33 bits per heavy atom. The molecule has 3 N–H and O–H groups in total. The Morgan fingerprint density at radius 2 is 2.00 bits per heavy atom. The highest BCUT2D eigenvalue weighted by molar-refractivity contribution is 7.98. The molecule has 1 saturated carbocycles. The van der Waals surface area contributed by atoms with E-state index >= 15 is 0 Å². The van der Waals surface area contributed by atoms with Crippen molar-refractivity contribution in [1.29, 1.82) is 0 Å². The van der Waals surface area contributed by atoms with Crippen molar-refractivity contribution in [3.8, 4) is 0 Å². The van der Waals surface area contributed by atoms with Gasteiger partial charge in [-0.05, 0) is 42.7 Å². The predicted octanol–water partition coefficient (Wildman–Crippen LogP) is 2.71. The van der Waals surface area contributed by atoms with Gasteiger partial charge in [-0.1, -0.05) is 18.6 Å². The maximum atomic E-state index is 5.63. The third kappa shape index (κ3) is 2.36. The van der Waals surface area contributed by atoms with E-state index in [2.05, 4.69) is 35.9 Å². The second-order valence-corrected chi connectivity index (χ2v) is 4.99. The fourth-order valence-corrected chi connectivity index (χ4v) is 2.50. The highest BCUT2D eigenvalue weighted by atomic mass is 32.2. The zero-order valence-electron chi connectivity index (χ0n) is 9.07. The van der Waals surface area contributed by atoms with Crippen molar-refractivity contribution in [2.75, 3.05) is 6.26 Å². The quantitative estimate of drug-likeness (QED) is 0.467. The topological polar surface area (TPSA) is 38.0 Å². The van der Waals surface area contributed by atoms with Gasteiger partial charge in [0.1, 0.15) is 0 Å². The summed E-state index contributed by atoms with van der Waals surface area (Å²) in [5, 5.41) is 0. The Labute approximate surface area is 95.6 Å². The van der Waals surface area contributed by atoms with Crippen LogP contribution in [0, 0.1) is 5.92 Å². The van der Waals surface area contributed by atoms with Gasteiger partial charge >= 0.3 is 0 Å². The van der Waals surface area contributed by atoms with E-state index in [0.717, 1.165) is 5.92 Å². The lowest BCUT2D eigenvalue weighted by Gasteiger charge is -2.33. The molecule has 2 rings (SSSR count). The Kier molecular flexibility index (Phi) is 3.67. The molecule has 1 aliphatic carbocycles. The van der Waals surface area contributed by atoms with E-state index in [9.17, 15) is 0 Å². The van der Waals surface area contributed by atoms with E-state index in [-0.39, 0.29) is 0 Å². The van der Waals surface area contributed by atoms with Gasteiger partial charge in [0.2, 0.25) is 0 Å². The molecule has 0 radical (unpaired) electrons. The third-order valence-electron chi connectivity index (χ3n) is 3.28. The molecule has 0 bridgehead atoms. The molecule has 1 aromatic carbocycles. The second kappa shape index (κ2) is 5.01. The molecule has 0 spiro atoms. The summed E-state index contributed by atoms with van der Waals surface area (Å²) in [6, 6.07) is 9.06. The number of rotatable bonds is 4. The van der Waals surface area contributed by atoms with Crippen LogP contribution in [0.2, 0.25) is 0 Å². The standard InChI is InChI=1S/C12H18N2S/c1-15-11-7-5-10(6-8-11)12(14-13)9-3-2-4-9/h5-9,12,14H,2-4,13H2,1H3. The van der Waals surface area contributed by atoms with Crippen molar-refractivity contribution < 1.29 is 0 Å². The van der Waals surface area contributed by atoms with Crippen molar-refractivity contribution in [1.82, 2.24) is 5.43 Å². The Balaban J connectivity index is 2.11. The number of thioether (sulfide) groups is 1. The first-order valence-electron chi connectivity index (χ1n) is 5.45. The molecular formula is C12H18N2S. The molecule has 0 amide bonds. The smallest absolute Gasteiger partial charge is 0.0488 e. The van der Waals surface area contributed by atoms with Gasteiger partial charge in [0.15, 0.2) is 0 Å². The SMILES string of the molecule is CSc1ccc(C(NN)C2CCC2)cc1. The van der Waals surface area contributed by atoms with Gasteiger partial charge in [0.05, 0.1) is 0 Å². The molecule has 1 aliphatic rings. The predicted molar refractivity (Wildman–Crippen MR) is 65.6 cm³/mol. The molecule has 0 aliphatic heterocycles. The van der Waals surface area contributed by atoms with Crippen LogP contribution in [0.3, 0.4) is 0 Å². The number of benzene rings is 1. The average Bonchev–Trinajstić information content (AvgIpc) is 2.23. The van der Waals surface area contributed by atoms with E-state index in [4.69, 9.17) is 5.84 Å². The van der Waals surface area contributed by atoms with E-state index in [1.807, 2.05) is 0 Å². The Bertz CT molecular complexity index is 306. The molecule has 0 aromatic heterocycles. The van der Waals surface area contributed by atoms with E-state index < -0.39 is 0 Å². The monoisotopic (exact) mass is 222 g/mol. The molecule has 82 valence electrons. The van der Waals surface area contributed by atoms with E-state index in [0.29, 0.717) is 6.04 Å². The molecule has 1 fully saturated rings. The zero-order valence-corrected chi connectivity index (χ0v) is 9.89. The van der Waals surface area contributed by atoms with Crippen LogP contribution in [0.5, 0.6) is 0 Å². The van der Waals surface area contributed by atoms with Crippen LogP contribution < -0.4 is 11.3 Å². The van der Waals surface area contributed by atoms with Gasteiger partial charge in [0, 0.05) is 10.9 Å². The Morgan fingerprint density at radius 3 is 2.40 bits per heavy atom. The van der Waals surface area contributed by atoms with E-state index in [1.165, 1.54) is 29.7 Å². The zero-order chi connectivity index (χ0) is 10.7. The molecule has 1 atom stereocenters. The first-order valence-corrected chi connectivity index (χ1v) is 6.67. The minimum absolute atomic E-state index is 0.342. The first-order chi connectivity index (χ1) is 7.35. The lowest BCUT2D eigenvalue weighted by Crippen LogP contribution is -2.36. The second-order valence-electron chi connectivity index (χ2n) is 4.11. The van der Waals surface area contributed by atoms with Gasteiger partial charge in [-0.15, -0.1) is 11.8 Å². The van der Waals surface area contributed by atoms with Crippen molar-refractivity contribution in [2.24, 2.45) is 11.8 Å². The lowest BCUT2D eigenvalue weighted by atomic mass is 9.77. The van der Waals surface area contributed by atoms with Crippen LogP contribution in [-0.2, 0) is 0 Å². The lowest BCUT2D eigenvalue weighted by molar-refractivity contribution is 0.232. The van der Waals surface area contributed by atoms with Crippen LogP contribution in [0.25, 0.3) is 0 Å². The van der Waals surface area contributed by atoms with Crippen molar-refractivity contribution in [3.05, 3.63) is 29.8 Å². The highest BCUT2D eigenvalue weighted by Gasteiger charge is 2.27. The number of nitrogens with two attached hydrogens (primary N) is 1. The van der Waals surface area contributed by atoms with Gasteiger partial charge in [0.25, 0.3) is 0 Å². The van der Waals surface area contributed by atoms with Crippen LogP contribution >= 0.6 is 11.8 Å². The highest BCUT2D eigenvalue weighted by Crippen LogP contribution is 2.37. The summed E-state index contributed by atoms with van der Waals surface area (Å²) in [6.45, 7) is 0. The van der Waals surface area contributed by atoms with Gasteiger partial charge < -0.3 is 0 Å². The normalized spacial score (nSPS) is 18.5. The van der Waals surface area contributed by atoms with E-state index in [1.54, 1.807) is 11.8 Å². The molecule has 1 unspecified atom stereocenters. The third-order valence-corrected chi connectivity index (χ3v) is 4.02. The summed E-state index contributed by atoms with van der Waals surface area (Å²) in [5.41, 5.74) is 4.27. The molecule has 3 heteroatoms. The largest absolute Gasteiger partial charge is 0.271 e. The van der Waals surface area contributed by atoms with Crippen molar-refractivity contribution in [2.45, 2.75) is 30.2 Å². The number of hydrazine groups is 1. The van der Waals surface area contributed by atoms with Crippen LogP contribution in [0.1, 0.15) is 30.9 Å². The summed E-state index contributed by atoms with van der Waals surface area (Å²) in [5.74, 6) is 6.36. The minimum atomic E-state index is 0.342. The summed E-state index contributed by atoms with van der Waals surface area (Å²) in [7, 11) is 0. The average molecular weight is 222 g/mol. The van der Waals surface area contributed by atoms with Crippen LogP contribution in [0.4, 0.5) is 0 Å². The fraction of sp³-hybridized carbons (Fsp3) is 0.500. The number of nitrogens with one attached hydrogen (secondary N) is 1. The first kappa shape index (κ1) is 11.0. The van der Waals surface area contributed by atoms with Gasteiger partial charge in [-0.2, -0.15) is 0 Å². The van der Waals surface area contributed by atoms with Gasteiger partial charge in [-0.25, -0.2) is 0 Å². The van der Waals surface area contributed by atoms with Crippen molar-refractivity contribution in [3.63, 3.8) is 0 Å². The molecule has 2 nitrogen and oxygen atoms in total. The molecule has 15 heavy (non-hydrogen) atoms. The van der Waals surface area contributed by atoms with Gasteiger partial charge in [-0.3, -0.25) is 11.3 Å². The fourth-order valence-electron chi connectivity index (χ4n) is 2.09. The Hall–Kier alpha value is -0.510. The molecule has 0 saturated heterocycles.